The molecule has 5 aromatic carbocycles. The number of hydrogen-bond donors (Lipinski definition) is 5. The Morgan fingerprint density at radius 1 is 0.761 bits per heavy atom. The fourth-order valence-corrected chi connectivity index (χ4v) is 5.55. The smallest absolute Gasteiger partial charge is 0.478 e. The molecule has 0 amide bonds. The standard InChI is InChI=1S/C30H23N3O5S.C2HF3O2/c31-27-17-25(39(36,37)24-14-11-18-3-1-2-4-22(18)15-24)16-26(30(34)35)28(27)38-23-12-9-20(10-13-23)19-5-7-21(8-6-19)29(32)33;3-2(4,5)1(6)7/h1-17H,31H2,(H3,32,33)(H,34,35);(H,6,7). The second-order valence-corrected chi connectivity index (χ2v) is 11.6. The first kappa shape index (κ1) is 33.0. The lowest BCUT2D eigenvalue weighted by Crippen LogP contribution is -2.21. The summed E-state index contributed by atoms with van der Waals surface area (Å²) in [5.74, 6) is -3.99. The highest BCUT2D eigenvalue weighted by Gasteiger charge is 2.38. The number of nitrogens with one attached hydrogen (secondary N) is 1. The Labute approximate surface area is 259 Å². The Balaban J connectivity index is 0.000000617. The van der Waals surface area contributed by atoms with Crippen molar-refractivity contribution in [1.29, 1.82) is 5.41 Å². The predicted molar refractivity (Wildman–Crippen MR) is 164 cm³/mol. The minimum Gasteiger partial charge on any atom is -0.478 e. The van der Waals surface area contributed by atoms with Crippen LogP contribution < -0.4 is 16.2 Å². The molecule has 14 heteroatoms. The van der Waals surface area contributed by atoms with Gasteiger partial charge in [0.05, 0.1) is 15.5 Å². The summed E-state index contributed by atoms with van der Waals surface area (Å²) in [6.07, 6.45) is -5.08. The van der Waals surface area contributed by atoms with Crippen LogP contribution >= 0.6 is 0 Å². The summed E-state index contributed by atoms with van der Waals surface area (Å²) < 4.78 is 64.4. The molecule has 0 atom stereocenters. The maximum Gasteiger partial charge on any atom is 0.490 e. The number of hydrogen-bond acceptors (Lipinski definition) is 7. The van der Waals surface area contributed by atoms with Gasteiger partial charge in [0.25, 0.3) is 0 Å². The molecule has 0 aliphatic heterocycles. The molecule has 0 radical (unpaired) electrons. The molecule has 5 rings (SSSR count). The van der Waals surface area contributed by atoms with E-state index in [2.05, 4.69) is 0 Å². The van der Waals surface area contributed by atoms with Crippen LogP contribution in [0.1, 0.15) is 15.9 Å². The molecular formula is C32H24F3N3O7S. The van der Waals surface area contributed by atoms with Crippen molar-refractivity contribution in [1.82, 2.24) is 0 Å². The van der Waals surface area contributed by atoms with Gasteiger partial charge in [-0.2, -0.15) is 13.2 Å². The predicted octanol–water partition coefficient (Wildman–Crippen LogP) is 6.33. The molecule has 0 saturated heterocycles. The number of fused-ring (bicyclic) bond motifs is 1. The molecule has 0 bridgehead atoms. The van der Waals surface area contributed by atoms with Gasteiger partial charge in [-0.05, 0) is 58.3 Å². The number of nitrogen functional groups attached to an aromatic ring is 2. The van der Waals surface area contributed by atoms with Gasteiger partial charge in [0.15, 0.2) is 5.75 Å². The summed E-state index contributed by atoms with van der Waals surface area (Å²) in [6.45, 7) is 0. The third kappa shape index (κ3) is 7.42. The van der Waals surface area contributed by atoms with E-state index >= 15 is 0 Å². The number of rotatable bonds is 7. The van der Waals surface area contributed by atoms with Crippen molar-refractivity contribution in [2.45, 2.75) is 16.0 Å². The summed E-state index contributed by atoms with van der Waals surface area (Å²) in [7, 11) is -4.06. The van der Waals surface area contributed by atoms with E-state index in [1.807, 2.05) is 30.3 Å². The van der Waals surface area contributed by atoms with Crippen LogP contribution in [0.2, 0.25) is 0 Å². The Kier molecular flexibility index (Phi) is 9.33. The summed E-state index contributed by atoms with van der Waals surface area (Å²) in [4.78, 5) is 20.8. The molecule has 236 valence electrons. The number of alkyl halides is 3. The molecule has 5 aromatic rings. The average molecular weight is 652 g/mol. The SMILES string of the molecule is N=C(N)c1ccc(-c2ccc(Oc3c(N)cc(S(=O)(=O)c4ccc5ccccc5c4)cc3C(=O)O)cc2)cc1.O=C(O)C(F)(F)F. The second-order valence-electron chi connectivity index (χ2n) is 9.63. The lowest BCUT2D eigenvalue weighted by atomic mass is 10.0. The third-order valence-electron chi connectivity index (χ3n) is 6.51. The first-order chi connectivity index (χ1) is 21.6. The highest BCUT2D eigenvalue weighted by Crippen LogP contribution is 2.37. The van der Waals surface area contributed by atoms with Crippen LogP contribution in [-0.2, 0) is 14.6 Å². The Morgan fingerprint density at radius 3 is 1.83 bits per heavy atom. The lowest BCUT2D eigenvalue weighted by Gasteiger charge is -2.15. The number of nitrogens with two attached hydrogens (primary N) is 2. The van der Waals surface area contributed by atoms with Crippen LogP contribution in [0.25, 0.3) is 21.9 Å². The molecule has 0 unspecified atom stereocenters. The van der Waals surface area contributed by atoms with Crippen molar-refractivity contribution in [3.8, 4) is 22.6 Å². The Bertz CT molecular complexity index is 2060. The fourth-order valence-electron chi connectivity index (χ4n) is 4.20. The van der Waals surface area contributed by atoms with Gasteiger partial charge in [-0.3, -0.25) is 5.41 Å². The van der Waals surface area contributed by atoms with Gasteiger partial charge in [0, 0.05) is 5.56 Å². The molecule has 0 heterocycles. The average Bonchev–Trinajstić information content (AvgIpc) is 3.01. The number of halogens is 3. The Morgan fingerprint density at radius 2 is 1.30 bits per heavy atom. The number of carboxylic acid groups (broad SMARTS) is 2. The van der Waals surface area contributed by atoms with E-state index in [1.165, 1.54) is 12.1 Å². The van der Waals surface area contributed by atoms with Crippen LogP contribution in [0.15, 0.2) is 113 Å². The van der Waals surface area contributed by atoms with E-state index < -0.39 is 28.0 Å². The number of anilines is 1. The van der Waals surface area contributed by atoms with Crippen molar-refractivity contribution in [2.24, 2.45) is 5.73 Å². The van der Waals surface area contributed by atoms with Crippen LogP contribution in [0, 0.1) is 5.41 Å². The lowest BCUT2D eigenvalue weighted by molar-refractivity contribution is -0.192. The molecule has 0 fully saturated rings. The van der Waals surface area contributed by atoms with E-state index in [4.69, 9.17) is 31.5 Å². The topological polar surface area (TPSA) is 194 Å². The van der Waals surface area contributed by atoms with Gasteiger partial charge in [-0.1, -0.05) is 66.7 Å². The number of benzene rings is 5. The third-order valence-corrected chi connectivity index (χ3v) is 8.24. The number of sulfone groups is 1. The first-order valence-electron chi connectivity index (χ1n) is 13.0. The molecular weight excluding hydrogens is 627 g/mol. The van der Waals surface area contributed by atoms with E-state index in [0.717, 1.165) is 28.0 Å². The summed E-state index contributed by atoms with van der Waals surface area (Å²) in [5.41, 5.74) is 13.5. The van der Waals surface area contributed by atoms with Gasteiger partial charge >= 0.3 is 18.1 Å². The van der Waals surface area contributed by atoms with E-state index in [9.17, 15) is 31.5 Å². The normalized spacial score (nSPS) is 11.3. The van der Waals surface area contributed by atoms with Crippen LogP contribution in [0.3, 0.4) is 0 Å². The number of aromatic carboxylic acids is 1. The van der Waals surface area contributed by atoms with Crippen LogP contribution in [0.5, 0.6) is 11.5 Å². The number of amidine groups is 1. The van der Waals surface area contributed by atoms with Crippen molar-refractivity contribution in [2.75, 3.05) is 5.73 Å². The fraction of sp³-hybridized carbons (Fsp3) is 0.0312. The molecule has 0 saturated carbocycles. The molecule has 0 aliphatic carbocycles. The molecule has 7 N–H and O–H groups in total. The summed E-state index contributed by atoms with van der Waals surface area (Å²) in [6, 6.07) is 28.4. The van der Waals surface area contributed by atoms with Gasteiger partial charge in [0.1, 0.15) is 17.1 Å². The zero-order valence-electron chi connectivity index (χ0n) is 23.4. The minimum atomic E-state index is -5.08. The van der Waals surface area contributed by atoms with Gasteiger partial charge in [0.2, 0.25) is 9.84 Å². The molecule has 0 aliphatic rings. The van der Waals surface area contributed by atoms with Crippen molar-refractivity contribution in [3.63, 3.8) is 0 Å². The van der Waals surface area contributed by atoms with Crippen molar-refractivity contribution < 1.29 is 46.1 Å². The van der Waals surface area contributed by atoms with Crippen LogP contribution in [0.4, 0.5) is 18.9 Å². The van der Waals surface area contributed by atoms with E-state index in [-0.39, 0.29) is 32.6 Å². The van der Waals surface area contributed by atoms with Crippen LogP contribution in [-0.4, -0.2) is 42.6 Å². The maximum atomic E-state index is 13.4. The highest BCUT2D eigenvalue weighted by molar-refractivity contribution is 7.91. The second kappa shape index (κ2) is 13.0. The van der Waals surface area contributed by atoms with Crippen molar-refractivity contribution in [3.05, 3.63) is 114 Å². The maximum absolute atomic E-state index is 13.4. The molecule has 0 aromatic heterocycles. The van der Waals surface area contributed by atoms with E-state index in [1.54, 1.807) is 54.6 Å². The number of carboxylic acids is 2. The Hall–Kier alpha value is -5.89. The molecule has 46 heavy (non-hydrogen) atoms. The first-order valence-corrected chi connectivity index (χ1v) is 14.5. The van der Waals surface area contributed by atoms with Crippen molar-refractivity contribution >= 4 is 44.1 Å². The van der Waals surface area contributed by atoms with Gasteiger partial charge in [-0.15, -0.1) is 0 Å². The van der Waals surface area contributed by atoms with Gasteiger partial charge in [-0.25, -0.2) is 18.0 Å². The zero-order valence-corrected chi connectivity index (χ0v) is 24.3. The number of aliphatic carboxylic acids is 1. The summed E-state index contributed by atoms with van der Waals surface area (Å²) in [5, 5.41) is 26.1. The van der Waals surface area contributed by atoms with E-state index in [0.29, 0.717) is 11.3 Å². The number of ether oxygens (including phenoxy) is 1. The molecule has 10 nitrogen and oxygen atoms in total. The minimum absolute atomic E-state index is 0.0202. The monoisotopic (exact) mass is 651 g/mol. The summed E-state index contributed by atoms with van der Waals surface area (Å²) >= 11 is 0. The highest BCUT2D eigenvalue weighted by atomic mass is 32.2. The van der Waals surface area contributed by atoms with Gasteiger partial charge < -0.3 is 26.4 Å². The molecule has 0 spiro atoms. The number of carbonyl (C=O) groups is 2. The largest absolute Gasteiger partial charge is 0.490 e. The quantitative estimate of drug-likeness (QED) is 0.0759. The zero-order chi connectivity index (χ0) is 33.8.